The van der Waals surface area contributed by atoms with E-state index in [1.807, 2.05) is 67.3 Å². The maximum absolute atomic E-state index is 12.8. The molecule has 0 unspecified atom stereocenters. The van der Waals surface area contributed by atoms with Crippen molar-refractivity contribution in [3.05, 3.63) is 69.7 Å². The zero-order valence-corrected chi connectivity index (χ0v) is 13.6. The van der Waals surface area contributed by atoms with Crippen LogP contribution in [0.25, 0.3) is 5.57 Å². The molecule has 0 fully saturated rings. The van der Waals surface area contributed by atoms with Crippen LogP contribution in [0.3, 0.4) is 0 Å². The minimum Gasteiger partial charge on any atom is -0.304 e. The Hall–Kier alpha value is -1.87. The van der Waals surface area contributed by atoms with E-state index < -0.39 is 0 Å². The molecular weight excluding hydrogens is 326 g/mol. The maximum Gasteiger partial charge on any atom is 0.259 e. The standard InChI is InChI=1S/C18H16BrNO/c1-12-5-3-4-6-16(12)20-11-13(2)17(18(20)21)14-7-9-15(19)10-8-14/h3-10H,11H2,1-2H3. The van der Waals surface area contributed by atoms with E-state index in [4.69, 9.17) is 0 Å². The van der Waals surface area contributed by atoms with Gasteiger partial charge in [0.15, 0.2) is 0 Å². The van der Waals surface area contributed by atoms with Gasteiger partial charge in [-0.3, -0.25) is 4.79 Å². The van der Waals surface area contributed by atoms with E-state index in [1.54, 1.807) is 0 Å². The third-order valence-corrected chi connectivity index (χ3v) is 4.35. The highest BCUT2D eigenvalue weighted by Crippen LogP contribution is 2.33. The first kappa shape index (κ1) is 14.1. The second-order valence-electron chi connectivity index (χ2n) is 5.34. The number of hydrogen-bond donors (Lipinski definition) is 0. The molecule has 0 aromatic heterocycles. The predicted octanol–water partition coefficient (Wildman–Crippen LogP) is 4.58. The Kier molecular flexibility index (Phi) is 3.68. The lowest BCUT2D eigenvalue weighted by molar-refractivity contribution is -0.112. The molecule has 1 heterocycles. The number of carbonyl (C=O) groups excluding carboxylic acids is 1. The van der Waals surface area contributed by atoms with Crippen molar-refractivity contribution in [1.29, 1.82) is 0 Å². The third kappa shape index (κ3) is 2.54. The van der Waals surface area contributed by atoms with Gasteiger partial charge in [0.1, 0.15) is 0 Å². The molecule has 0 bridgehead atoms. The summed E-state index contributed by atoms with van der Waals surface area (Å²) in [6.07, 6.45) is 0. The molecule has 106 valence electrons. The van der Waals surface area contributed by atoms with Gasteiger partial charge in [0.2, 0.25) is 0 Å². The fraction of sp³-hybridized carbons (Fsp3) is 0.167. The monoisotopic (exact) mass is 341 g/mol. The normalized spacial score (nSPS) is 15.0. The molecule has 2 aromatic rings. The number of rotatable bonds is 2. The molecule has 0 aliphatic carbocycles. The lowest BCUT2D eigenvalue weighted by Crippen LogP contribution is -2.27. The van der Waals surface area contributed by atoms with Crippen LogP contribution in [0.5, 0.6) is 0 Å². The fourth-order valence-electron chi connectivity index (χ4n) is 2.75. The minimum atomic E-state index is 0.0872. The summed E-state index contributed by atoms with van der Waals surface area (Å²) in [4.78, 5) is 14.7. The van der Waals surface area contributed by atoms with Crippen LogP contribution >= 0.6 is 15.9 Å². The van der Waals surface area contributed by atoms with E-state index in [0.717, 1.165) is 32.4 Å². The van der Waals surface area contributed by atoms with Crippen molar-refractivity contribution < 1.29 is 4.79 Å². The molecule has 0 N–H and O–H groups in total. The Labute approximate surface area is 133 Å². The number of benzene rings is 2. The second kappa shape index (κ2) is 5.49. The molecule has 2 aromatic carbocycles. The maximum atomic E-state index is 12.8. The highest BCUT2D eigenvalue weighted by Gasteiger charge is 2.30. The number of halogens is 1. The van der Waals surface area contributed by atoms with E-state index in [0.29, 0.717) is 6.54 Å². The fourth-order valence-corrected chi connectivity index (χ4v) is 3.02. The number of amides is 1. The number of para-hydroxylation sites is 1. The first-order valence-corrected chi connectivity index (χ1v) is 7.70. The van der Waals surface area contributed by atoms with Gasteiger partial charge in [-0.05, 0) is 48.7 Å². The van der Waals surface area contributed by atoms with Crippen LogP contribution in [0, 0.1) is 6.92 Å². The largest absolute Gasteiger partial charge is 0.304 e. The van der Waals surface area contributed by atoms with Crippen LogP contribution in [0.1, 0.15) is 18.1 Å². The van der Waals surface area contributed by atoms with Crippen molar-refractivity contribution in [1.82, 2.24) is 0 Å². The quantitative estimate of drug-likeness (QED) is 0.782. The first-order valence-electron chi connectivity index (χ1n) is 6.91. The molecule has 1 aliphatic heterocycles. The van der Waals surface area contributed by atoms with Crippen LogP contribution in [0.2, 0.25) is 0 Å². The number of hydrogen-bond acceptors (Lipinski definition) is 1. The molecular formula is C18H16BrNO. The van der Waals surface area contributed by atoms with Crippen molar-refractivity contribution >= 4 is 33.1 Å². The summed E-state index contributed by atoms with van der Waals surface area (Å²) in [6, 6.07) is 15.9. The summed E-state index contributed by atoms with van der Waals surface area (Å²) < 4.78 is 1.02. The molecule has 3 heteroatoms. The van der Waals surface area contributed by atoms with E-state index in [-0.39, 0.29) is 5.91 Å². The Morgan fingerprint density at radius 1 is 1.00 bits per heavy atom. The summed E-state index contributed by atoms with van der Waals surface area (Å²) in [5, 5.41) is 0. The first-order chi connectivity index (χ1) is 10.1. The van der Waals surface area contributed by atoms with Crippen LogP contribution in [0.15, 0.2) is 58.6 Å². The molecule has 2 nitrogen and oxygen atoms in total. The van der Waals surface area contributed by atoms with Gasteiger partial charge in [-0.25, -0.2) is 0 Å². The lowest BCUT2D eigenvalue weighted by Gasteiger charge is -2.19. The molecule has 3 rings (SSSR count). The summed E-state index contributed by atoms with van der Waals surface area (Å²) in [7, 11) is 0. The third-order valence-electron chi connectivity index (χ3n) is 3.82. The smallest absolute Gasteiger partial charge is 0.259 e. The second-order valence-corrected chi connectivity index (χ2v) is 6.26. The van der Waals surface area contributed by atoms with Crippen molar-refractivity contribution in [2.45, 2.75) is 13.8 Å². The topological polar surface area (TPSA) is 20.3 Å². The highest BCUT2D eigenvalue weighted by molar-refractivity contribution is 9.10. The van der Waals surface area contributed by atoms with Crippen LogP contribution in [0.4, 0.5) is 5.69 Å². The van der Waals surface area contributed by atoms with Gasteiger partial charge >= 0.3 is 0 Å². The number of aryl methyl sites for hydroxylation is 1. The average molecular weight is 342 g/mol. The molecule has 0 radical (unpaired) electrons. The van der Waals surface area contributed by atoms with Gasteiger partial charge in [-0.1, -0.05) is 46.3 Å². The van der Waals surface area contributed by atoms with Gasteiger partial charge in [0, 0.05) is 22.3 Å². The molecule has 1 aliphatic rings. The zero-order valence-electron chi connectivity index (χ0n) is 12.1. The highest BCUT2D eigenvalue weighted by atomic mass is 79.9. The Morgan fingerprint density at radius 2 is 1.67 bits per heavy atom. The van der Waals surface area contributed by atoms with E-state index in [9.17, 15) is 4.79 Å². The Morgan fingerprint density at radius 3 is 2.33 bits per heavy atom. The minimum absolute atomic E-state index is 0.0872. The number of nitrogens with zero attached hydrogens (tertiary/aromatic N) is 1. The van der Waals surface area contributed by atoms with E-state index in [1.165, 1.54) is 0 Å². The van der Waals surface area contributed by atoms with E-state index >= 15 is 0 Å². The van der Waals surface area contributed by atoms with Crippen molar-refractivity contribution in [3.8, 4) is 0 Å². The van der Waals surface area contributed by atoms with E-state index in [2.05, 4.69) is 15.9 Å². The summed E-state index contributed by atoms with van der Waals surface area (Å²) in [5.41, 5.74) is 5.04. The van der Waals surface area contributed by atoms with Gasteiger partial charge in [0.05, 0.1) is 0 Å². The SMILES string of the molecule is CC1=C(c2ccc(Br)cc2)C(=O)N(c2ccccc2C)C1. The number of anilines is 1. The predicted molar refractivity (Wildman–Crippen MR) is 90.3 cm³/mol. The van der Waals surface area contributed by atoms with Gasteiger partial charge in [0.25, 0.3) is 5.91 Å². The van der Waals surface area contributed by atoms with Crippen molar-refractivity contribution in [2.75, 3.05) is 11.4 Å². The summed E-state index contributed by atoms with van der Waals surface area (Å²) >= 11 is 3.43. The number of carbonyl (C=O) groups is 1. The van der Waals surface area contributed by atoms with Crippen molar-refractivity contribution in [3.63, 3.8) is 0 Å². The van der Waals surface area contributed by atoms with Crippen LogP contribution < -0.4 is 4.90 Å². The molecule has 1 amide bonds. The zero-order chi connectivity index (χ0) is 15.0. The average Bonchev–Trinajstić information content (AvgIpc) is 2.76. The Balaban J connectivity index is 1.98. The molecule has 0 saturated carbocycles. The van der Waals surface area contributed by atoms with Gasteiger partial charge in [-0.2, -0.15) is 0 Å². The summed E-state index contributed by atoms with van der Waals surface area (Å²) in [6.45, 7) is 4.73. The molecule has 21 heavy (non-hydrogen) atoms. The molecule has 0 saturated heterocycles. The van der Waals surface area contributed by atoms with Gasteiger partial charge < -0.3 is 4.90 Å². The summed E-state index contributed by atoms with van der Waals surface area (Å²) in [5.74, 6) is 0.0872. The van der Waals surface area contributed by atoms with Crippen molar-refractivity contribution in [2.24, 2.45) is 0 Å². The lowest BCUT2D eigenvalue weighted by atomic mass is 10.0. The molecule has 0 atom stereocenters. The van der Waals surface area contributed by atoms with Gasteiger partial charge in [-0.15, -0.1) is 0 Å². The molecule has 0 spiro atoms. The Bertz CT molecular complexity index is 731. The van der Waals surface area contributed by atoms with Crippen LogP contribution in [-0.4, -0.2) is 12.5 Å². The van der Waals surface area contributed by atoms with Crippen LogP contribution in [-0.2, 0) is 4.79 Å².